The van der Waals surface area contributed by atoms with Gasteiger partial charge in [0.1, 0.15) is 0 Å². The average Bonchev–Trinajstić information content (AvgIpc) is 2.98. The van der Waals surface area contributed by atoms with Gasteiger partial charge in [-0.15, -0.1) is 0 Å². The molecule has 5 heteroatoms. The number of ketones is 1. The monoisotopic (exact) mass is 490 g/mol. The first-order valence-electron chi connectivity index (χ1n) is 13.5. The van der Waals surface area contributed by atoms with Crippen LogP contribution >= 0.6 is 0 Å². The molecule has 0 aromatic carbocycles. The third kappa shape index (κ3) is 4.01. The normalized spacial score (nSPS) is 42.7. The Labute approximate surface area is 205 Å². The molecule has 4 rings (SSSR count). The van der Waals surface area contributed by atoms with Crippen LogP contribution in [0.5, 0.6) is 0 Å². The lowest BCUT2D eigenvalue weighted by molar-refractivity contribution is -0.114. The van der Waals surface area contributed by atoms with Crippen LogP contribution in [0.25, 0.3) is 0 Å². The summed E-state index contributed by atoms with van der Waals surface area (Å²) >= 11 is 0. The van der Waals surface area contributed by atoms with E-state index in [0.717, 1.165) is 12.3 Å². The molecule has 0 spiro atoms. The summed E-state index contributed by atoms with van der Waals surface area (Å²) in [4.78, 5) is 12.8. The molecule has 0 N–H and O–H groups in total. The summed E-state index contributed by atoms with van der Waals surface area (Å²) < 4.78 is 14.9. The molecule has 188 valence electrons. The van der Waals surface area contributed by atoms with Gasteiger partial charge in [0.2, 0.25) is 0 Å². The van der Waals surface area contributed by atoms with Crippen LogP contribution in [-0.4, -0.2) is 34.1 Å². The molecule has 3 fully saturated rings. The van der Waals surface area contributed by atoms with Gasteiger partial charge in [-0.25, -0.2) is 0 Å². The van der Waals surface area contributed by atoms with E-state index in [4.69, 9.17) is 8.85 Å². The second-order valence-corrected chi connectivity index (χ2v) is 24.3. The molecule has 3 saturated carbocycles. The van der Waals surface area contributed by atoms with E-state index in [0.29, 0.717) is 47.2 Å². The lowest BCUT2D eigenvalue weighted by Gasteiger charge is -2.55. The molecule has 4 aliphatic carbocycles. The lowest BCUT2D eigenvalue weighted by atomic mass is 9.62. The third-order valence-corrected chi connectivity index (χ3v) is 15.7. The molecule has 0 aromatic heterocycles. The molecular formula is C28H50O3Si2. The van der Waals surface area contributed by atoms with Crippen molar-refractivity contribution in [3.05, 3.63) is 11.6 Å². The second kappa shape index (κ2) is 7.63. The lowest BCUT2D eigenvalue weighted by Crippen LogP contribution is -2.61. The van der Waals surface area contributed by atoms with Crippen LogP contribution in [0.1, 0.15) is 67.7 Å². The van der Waals surface area contributed by atoms with Crippen molar-refractivity contribution < 1.29 is 13.6 Å². The zero-order valence-electron chi connectivity index (χ0n) is 23.5. The Morgan fingerprint density at radius 1 is 1.00 bits per heavy atom. The summed E-state index contributed by atoms with van der Waals surface area (Å²) in [6.45, 7) is 28.7. The minimum atomic E-state index is -1.98. The van der Waals surface area contributed by atoms with E-state index in [-0.39, 0.29) is 16.7 Å². The summed E-state index contributed by atoms with van der Waals surface area (Å²) in [7, 11) is -3.89. The first-order chi connectivity index (χ1) is 14.8. The largest absolute Gasteiger partial charge is 0.413 e. The molecule has 0 aromatic rings. The van der Waals surface area contributed by atoms with Crippen molar-refractivity contribution in [2.75, 3.05) is 0 Å². The molecule has 0 radical (unpaired) electrons. The number of carbonyl (C=O) groups is 1. The molecule has 0 unspecified atom stereocenters. The molecule has 4 aliphatic rings. The van der Waals surface area contributed by atoms with Gasteiger partial charge >= 0.3 is 0 Å². The van der Waals surface area contributed by atoms with Crippen LogP contribution in [0.15, 0.2) is 11.6 Å². The van der Waals surface area contributed by atoms with Gasteiger partial charge in [0.05, 0.1) is 11.7 Å². The Bertz CT molecular complexity index is 846. The van der Waals surface area contributed by atoms with Crippen molar-refractivity contribution in [2.45, 2.75) is 117 Å². The molecule has 0 bridgehead atoms. The van der Waals surface area contributed by atoms with Gasteiger partial charge in [0.25, 0.3) is 0 Å². The highest BCUT2D eigenvalue weighted by molar-refractivity contribution is 6.74. The van der Waals surface area contributed by atoms with E-state index in [1.165, 1.54) is 12.0 Å². The highest BCUT2D eigenvalue weighted by atomic mass is 28.4. The van der Waals surface area contributed by atoms with Gasteiger partial charge in [0.15, 0.2) is 22.4 Å². The molecule has 3 nitrogen and oxygen atoms in total. The predicted molar refractivity (Wildman–Crippen MR) is 142 cm³/mol. The molecule has 33 heavy (non-hydrogen) atoms. The minimum Gasteiger partial charge on any atom is -0.413 e. The first-order valence-corrected chi connectivity index (χ1v) is 19.8. The highest BCUT2D eigenvalue weighted by Gasteiger charge is 2.74. The van der Waals surface area contributed by atoms with Crippen molar-refractivity contribution >= 4 is 22.4 Å². The van der Waals surface area contributed by atoms with Crippen LogP contribution in [0.2, 0.25) is 37.8 Å². The van der Waals surface area contributed by atoms with Crippen LogP contribution in [0, 0.1) is 40.9 Å². The summed E-state index contributed by atoms with van der Waals surface area (Å²) in [5.74, 6) is 3.15. The SMILES string of the molecule is C[C@@H]1C[C@@H]2CC(=O)C=C2[C@]2(O[Si](C)(C)C)[C@@H]([C@@H]1O[Si](C)(C)C(C)(C)C)[C@@H]1[C@@H](C[C@H]2C)C1(C)C. The maximum atomic E-state index is 12.8. The zero-order chi connectivity index (χ0) is 24.9. The zero-order valence-corrected chi connectivity index (χ0v) is 25.5. The van der Waals surface area contributed by atoms with Crippen LogP contribution < -0.4 is 0 Å². The standard InChI is InChI=1S/C28H50O3Si2/c1-17-13-19-15-20(29)16-21(19)28(31-32(8,9)10)18(2)14-22-23(27(22,6)7)24(28)25(17)30-33(11,12)26(3,4)5/h16-19,22-25H,13-15H2,1-12H3/t17-,18-,19-,22-,23+,24-,25-,28+/m1/s1. The van der Waals surface area contributed by atoms with Crippen LogP contribution in [-0.2, 0) is 13.6 Å². The maximum Gasteiger partial charge on any atom is 0.192 e. The minimum absolute atomic E-state index is 0.172. The van der Waals surface area contributed by atoms with E-state index in [1.807, 2.05) is 6.08 Å². The van der Waals surface area contributed by atoms with E-state index in [9.17, 15) is 4.79 Å². The fourth-order valence-corrected chi connectivity index (χ4v) is 10.6. The molecule has 0 aliphatic heterocycles. The number of fused-ring (bicyclic) bond motifs is 5. The predicted octanol–water partition coefficient (Wildman–Crippen LogP) is 7.45. The summed E-state index contributed by atoms with van der Waals surface area (Å²) in [5.41, 5.74) is 1.32. The quantitative estimate of drug-likeness (QED) is 0.384. The second-order valence-electron chi connectivity index (χ2n) is 15.1. The summed E-state index contributed by atoms with van der Waals surface area (Å²) in [6.07, 6.45) is 5.15. The van der Waals surface area contributed by atoms with E-state index in [1.54, 1.807) is 0 Å². The van der Waals surface area contributed by atoms with Gasteiger partial charge < -0.3 is 8.85 Å². The number of hydrogen-bond acceptors (Lipinski definition) is 3. The van der Waals surface area contributed by atoms with Gasteiger partial charge in [-0.1, -0.05) is 48.5 Å². The molecule has 0 saturated heterocycles. The number of rotatable bonds is 4. The topological polar surface area (TPSA) is 35.5 Å². The van der Waals surface area contributed by atoms with Crippen molar-refractivity contribution in [2.24, 2.45) is 40.9 Å². The molecule has 8 atom stereocenters. The Hall–Kier alpha value is -0.236. The smallest absolute Gasteiger partial charge is 0.192 e. The third-order valence-electron chi connectivity index (χ3n) is 10.3. The van der Waals surface area contributed by atoms with Gasteiger partial charge in [0, 0.05) is 12.3 Å². The fraction of sp³-hybridized carbons (Fsp3) is 0.893. The Kier molecular flexibility index (Phi) is 5.98. The van der Waals surface area contributed by atoms with Crippen molar-refractivity contribution in [1.82, 2.24) is 0 Å². The fourth-order valence-electron chi connectivity index (χ4n) is 7.75. The van der Waals surface area contributed by atoms with Crippen molar-refractivity contribution in [3.63, 3.8) is 0 Å². The van der Waals surface area contributed by atoms with Crippen molar-refractivity contribution in [1.29, 1.82) is 0 Å². The van der Waals surface area contributed by atoms with Crippen molar-refractivity contribution in [3.8, 4) is 0 Å². The molecular weight excluding hydrogens is 440 g/mol. The molecule has 0 heterocycles. The van der Waals surface area contributed by atoms with Crippen LogP contribution in [0.3, 0.4) is 0 Å². The van der Waals surface area contributed by atoms with E-state index < -0.39 is 16.6 Å². The van der Waals surface area contributed by atoms with Gasteiger partial charge in [-0.3, -0.25) is 4.79 Å². The summed E-state index contributed by atoms with van der Waals surface area (Å²) in [5, 5.41) is 0.172. The number of hydrogen-bond donors (Lipinski definition) is 0. The Morgan fingerprint density at radius 2 is 1.61 bits per heavy atom. The number of carbonyl (C=O) groups excluding carboxylic acids is 1. The highest BCUT2D eigenvalue weighted by Crippen LogP contribution is 2.74. The van der Waals surface area contributed by atoms with E-state index >= 15 is 0 Å². The van der Waals surface area contributed by atoms with Gasteiger partial charge in [-0.2, -0.15) is 0 Å². The number of allylic oxidation sites excluding steroid dienone is 1. The Balaban J connectivity index is 1.93. The Morgan fingerprint density at radius 3 is 2.15 bits per heavy atom. The van der Waals surface area contributed by atoms with Gasteiger partial charge in [-0.05, 0) is 97.3 Å². The molecule has 0 amide bonds. The van der Waals surface area contributed by atoms with E-state index in [2.05, 4.69) is 81.2 Å². The first kappa shape index (κ1) is 25.8. The van der Waals surface area contributed by atoms with Crippen LogP contribution in [0.4, 0.5) is 0 Å². The maximum absolute atomic E-state index is 12.8. The summed E-state index contributed by atoms with van der Waals surface area (Å²) in [6, 6.07) is 0. The average molecular weight is 491 g/mol.